The number of carbonyl (C=O) groups is 1. The molecule has 11 nitrogen and oxygen atoms in total. The number of aromatic nitrogens is 3. The highest BCUT2D eigenvalue weighted by Gasteiger charge is 2.42. The Bertz CT molecular complexity index is 1360. The maximum atomic E-state index is 13.7. The molecule has 12 heteroatoms. The minimum absolute atomic E-state index is 0.0844. The van der Waals surface area contributed by atoms with E-state index in [9.17, 15) is 13.2 Å². The van der Waals surface area contributed by atoms with Crippen molar-refractivity contribution in [3.63, 3.8) is 0 Å². The van der Waals surface area contributed by atoms with E-state index in [0.29, 0.717) is 18.8 Å². The molecule has 40 heavy (non-hydrogen) atoms. The second-order valence-electron chi connectivity index (χ2n) is 10.0. The highest BCUT2D eigenvalue weighted by atomic mass is 32.2. The molecule has 1 unspecified atom stereocenters. The second-order valence-corrected chi connectivity index (χ2v) is 12.1. The van der Waals surface area contributed by atoms with Crippen molar-refractivity contribution in [1.29, 1.82) is 0 Å². The summed E-state index contributed by atoms with van der Waals surface area (Å²) in [6.45, 7) is 5.21. The highest BCUT2D eigenvalue weighted by molar-refractivity contribution is 7.89. The number of nitrogens with zero attached hydrogens (tertiary/aromatic N) is 5. The zero-order chi connectivity index (χ0) is 28.7. The number of methoxy groups -OCH3 is 2. The van der Waals surface area contributed by atoms with E-state index in [-0.39, 0.29) is 44.0 Å². The molecule has 0 radical (unpaired) electrons. The topological polar surface area (TPSA) is 116 Å². The van der Waals surface area contributed by atoms with Crippen molar-refractivity contribution in [2.75, 3.05) is 39.9 Å². The molecule has 0 bridgehead atoms. The van der Waals surface area contributed by atoms with Gasteiger partial charge in [-0.15, -0.1) is 5.10 Å². The number of hydrogen-bond acceptors (Lipinski definition) is 8. The molecule has 1 atom stereocenters. The van der Waals surface area contributed by atoms with Gasteiger partial charge in [0.1, 0.15) is 24.3 Å². The van der Waals surface area contributed by atoms with Crippen LogP contribution in [0.1, 0.15) is 25.1 Å². The summed E-state index contributed by atoms with van der Waals surface area (Å²) in [7, 11) is -0.525. The fraction of sp³-hybridized carbons (Fsp3) is 0.464. The minimum Gasteiger partial charge on any atom is -0.497 e. The maximum Gasteiger partial charge on any atom is 0.241 e. The summed E-state index contributed by atoms with van der Waals surface area (Å²) >= 11 is 0. The lowest BCUT2D eigenvalue weighted by Crippen LogP contribution is -2.49. The summed E-state index contributed by atoms with van der Waals surface area (Å²) in [5, 5.41) is 8.26. The third kappa shape index (κ3) is 7.25. The molecule has 216 valence electrons. The van der Waals surface area contributed by atoms with Crippen LogP contribution in [0.2, 0.25) is 0 Å². The Hall–Kier alpha value is -3.32. The summed E-state index contributed by atoms with van der Waals surface area (Å²) in [6, 6.07) is 14.7. The molecule has 0 aliphatic carbocycles. The van der Waals surface area contributed by atoms with Gasteiger partial charge in [0.15, 0.2) is 0 Å². The Balaban J connectivity index is 1.48. The Morgan fingerprint density at radius 1 is 1.00 bits per heavy atom. The van der Waals surface area contributed by atoms with Crippen molar-refractivity contribution >= 4 is 15.9 Å². The fourth-order valence-corrected chi connectivity index (χ4v) is 6.40. The first-order chi connectivity index (χ1) is 19.2. The minimum atomic E-state index is -3.71. The van der Waals surface area contributed by atoms with Gasteiger partial charge >= 0.3 is 0 Å². The van der Waals surface area contributed by atoms with Crippen LogP contribution in [0.5, 0.6) is 5.75 Å². The molecule has 4 rings (SSSR count). The second kappa shape index (κ2) is 13.4. The van der Waals surface area contributed by atoms with Gasteiger partial charge in [-0.25, -0.2) is 13.1 Å². The van der Waals surface area contributed by atoms with Crippen LogP contribution in [0.4, 0.5) is 0 Å². The third-order valence-electron chi connectivity index (χ3n) is 6.80. The van der Waals surface area contributed by atoms with Crippen molar-refractivity contribution in [3.8, 4) is 16.9 Å². The fourth-order valence-electron chi connectivity index (χ4n) is 4.69. The summed E-state index contributed by atoms with van der Waals surface area (Å²) < 4.78 is 45.3. The number of amides is 1. The Morgan fingerprint density at radius 3 is 2.30 bits per heavy atom. The predicted octanol–water partition coefficient (Wildman–Crippen LogP) is 2.77. The first-order valence-corrected chi connectivity index (χ1v) is 14.8. The van der Waals surface area contributed by atoms with Gasteiger partial charge in [0.2, 0.25) is 15.9 Å². The van der Waals surface area contributed by atoms with Gasteiger partial charge in [-0.3, -0.25) is 4.79 Å². The average Bonchev–Trinajstić information content (AvgIpc) is 3.37. The maximum absolute atomic E-state index is 13.7. The number of sulfonamides is 1. The van der Waals surface area contributed by atoms with Crippen molar-refractivity contribution in [2.24, 2.45) is 5.92 Å². The first-order valence-electron chi connectivity index (χ1n) is 13.2. The Morgan fingerprint density at radius 2 is 1.68 bits per heavy atom. The lowest BCUT2D eigenvalue weighted by molar-refractivity contribution is -0.136. The normalized spacial score (nSPS) is 17.8. The molecule has 0 spiro atoms. The first kappa shape index (κ1) is 29.7. The van der Waals surface area contributed by atoms with E-state index in [1.54, 1.807) is 30.0 Å². The molecule has 0 N–H and O–H groups in total. The number of ether oxygens (including phenoxy) is 3. The van der Waals surface area contributed by atoms with Gasteiger partial charge < -0.3 is 19.1 Å². The van der Waals surface area contributed by atoms with Crippen LogP contribution in [0.15, 0.2) is 54.7 Å². The van der Waals surface area contributed by atoms with Crippen molar-refractivity contribution in [3.05, 3.63) is 66.0 Å². The van der Waals surface area contributed by atoms with Crippen LogP contribution in [0, 0.1) is 5.92 Å². The number of carbonyl (C=O) groups excluding carboxylic acids is 1. The van der Waals surface area contributed by atoms with Crippen LogP contribution in [0.25, 0.3) is 11.1 Å². The molecule has 2 heterocycles. The molecular weight excluding hydrogens is 534 g/mol. The standard InChI is InChI=1S/C28H37N5O6S/c1-21(2)27-28(34)31(18-25-19-32(30-29-25)13-15-39-20-37-3)14-16-40(35,36)33(27)17-22-5-7-23(8-6-22)24-9-11-26(38-4)12-10-24/h5-12,19,21,27H,13-18,20H2,1-4H3. The lowest BCUT2D eigenvalue weighted by Gasteiger charge is -2.32. The Kier molecular flexibility index (Phi) is 9.90. The average molecular weight is 572 g/mol. The molecule has 2 aromatic carbocycles. The third-order valence-corrected chi connectivity index (χ3v) is 8.57. The van der Waals surface area contributed by atoms with E-state index in [1.165, 1.54) is 4.31 Å². The van der Waals surface area contributed by atoms with E-state index in [0.717, 1.165) is 22.4 Å². The molecule has 1 aromatic heterocycles. The largest absolute Gasteiger partial charge is 0.497 e. The van der Waals surface area contributed by atoms with E-state index in [4.69, 9.17) is 14.2 Å². The van der Waals surface area contributed by atoms with Gasteiger partial charge in [0.05, 0.1) is 38.8 Å². The number of hydrogen-bond donors (Lipinski definition) is 0. The number of benzene rings is 2. The SMILES string of the molecule is COCOCCn1cc(CN2CCS(=O)(=O)N(Cc3ccc(-c4ccc(OC)cc4)cc3)C(C(C)C)C2=O)nn1. The van der Waals surface area contributed by atoms with E-state index in [1.807, 2.05) is 62.4 Å². The van der Waals surface area contributed by atoms with Crippen LogP contribution < -0.4 is 4.74 Å². The molecule has 1 fully saturated rings. The molecular formula is C28H37N5O6S. The zero-order valence-electron chi connectivity index (χ0n) is 23.4. The van der Waals surface area contributed by atoms with Crippen molar-refractivity contribution in [1.82, 2.24) is 24.2 Å². The van der Waals surface area contributed by atoms with E-state index in [2.05, 4.69) is 10.3 Å². The molecule has 1 aliphatic heterocycles. The van der Waals surface area contributed by atoms with Crippen LogP contribution in [-0.4, -0.2) is 84.5 Å². The molecule has 0 saturated carbocycles. The smallest absolute Gasteiger partial charge is 0.241 e. The Labute approximate surface area is 235 Å². The molecule has 1 amide bonds. The van der Waals surface area contributed by atoms with E-state index >= 15 is 0 Å². The van der Waals surface area contributed by atoms with Crippen molar-refractivity contribution in [2.45, 2.75) is 39.5 Å². The van der Waals surface area contributed by atoms with Gasteiger partial charge in [0, 0.05) is 20.2 Å². The van der Waals surface area contributed by atoms with Crippen LogP contribution in [-0.2, 0) is 43.9 Å². The van der Waals surface area contributed by atoms with Gasteiger partial charge in [-0.05, 0) is 34.7 Å². The van der Waals surface area contributed by atoms with Gasteiger partial charge in [-0.1, -0.05) is 55.5 Å². The highest BCUT2D eigenvalue weighted by Crippen LogP contribution is 2.27. The molecule has 1 saturated heterocycles. The van der Waals surface area contributed by atoms with Crippen molar-refractivity contribution < 1.29 is 27.4 Å². The number of rotatable bonds is 12. The lowest BCUT2D eigenvalue weighted by atomic mass is 10.0. The predicted molar refractivity (Wildman–Crippen MR) is 150 cm³/mol. The summed E-state index contributed by atoms with van der Waals surface area (Å²) in [4.78, 5) is 15.3. The zero-order valence-corrected chi connectivity index (χ0v) is 24.2. The van der Waals surface area contributed by atoms with Crippen LogP contribution in [0.3, 0.4) is 0 Å². The quantitative estimate of drug-likeness (QED) is 0.241. The summed E-state index contributed by atoms with van der Waals surface area (Å²) in [6.07, 6.45) is 1.75. The molecule has 3 aromatic rings. The van der Waals surface area contributed by atoms with Gasteiger partial charge in [0.25, 0.3) is 0 Å². The van der Waals surface area contributed by atoms with Gasteiger partial charge in [-0.2, -0.15) is 4.31 Å². The molecule has 1 aliphatic rings. The summed E-state index contributed by atoms with van der Waals surface area (Å²) in [5.41, 5.74) is 3.43. The van der Waals surface area contributed by atoms with Crippen LogP contribution >= 0.6 is 0 Å². The monoisotopic (exact) mass is 571 g/mol. The summed E-state index contributed by atoms with van der Waals surface area (Å²) in [5.74, 6) is 0.159. The van der Waals surface area contributed by atoms with E-state index < -0.39 is 16.1 Å².